The quantitative estimate of drug-likeness (QED) is 0.760. The molecule has 0 aliphatic rings. The Bertz CT molecular complexity index is 606. The zero-order valence-corrected chi connectivity index (χ0v) is 12.7. The van der Waals surface area contributed by atoms with Gasteiger partial charge in [-0.1, -0.05) is 31.0 Å². The Hall–Kier alpha value is -1.41. The standard InChI is InChI=1S/C16H19ClN2/c1-5-6-13-15(18-9-19-16(13)17)14-8-11(3)10(2)7-12(14)4/h7-9H,5-6H2,1-4H3. The summed E-state index contributed by atoms with van der Waals surface area (Å²) in [5, 5.41) is 0.574. The van der Waals surface area contributed by atoms with Gasteiger partial charge in [0.25, 0.3) is 0 Å². The van der Waals surface area contributed by atoms with Crippen LogP contribution in [0.15, 0.2) is 18.5 Å². The van der Waals surface area contributed by atoms with Crippen LogP contribution in [0.25, 0.3) is 11.3 Å². The Morgan fingerprint density at radius 3 is 2.37 bits per heavy atom. The first-order chi connectivity index (χ1) is 9.04. The van der Waals surface area contributed by atoms with E-state index in [9.17, 15) is 0 Å². The predicted molar refractivity (Wildman–Crippen MR) is 80.7 cm³/mol. The van der Waals surface area contributed by atoms with Gasteiger partial charge in [-0.05, 0) is 49.9 Å². The van der Waals surface area contributed by atoms with Crippen LogP contribution in [0.1, 0.15) is 35.6 Å². The third-order valence-corrected chi connectivity index (χ3v) is 3.81. The normalized spacial score (nSPS) is 10.8. The Morgan fingerprint density at radius 2 is 1.68 bits per heavy atom. The minimum Gasteiger partial charge on any atom is -0.236 e. The van der Waals surface area contributed by atoms with E-state index in [1.807, 2.05) is 0 Å². The fraction of sp³-hybridized carbons (Fsp3) is 0.375. The number of aromatic nitrogens is 2. The molecule has 0 unspecified atom stereocenters. The molecule has 2 aromatic rings. The summed E-state index contributed by atoms with van der Waals surface area (Å²) >= 11 is 6.23. The van der Waals surface area contributed by atoms with Gasteiger partial charge in [0.15, 0.2) is 0 Å². The number of hydrogen-bond acceptors (Lipinski definition) is 2. The molecular weight excluding hydrogens is 256 g/mol. The molecule has 0 amide bonds. The van der Waals surface area contributed by atoms with Gasteiger partial charge in [-0.2, -0.15) is 0 Å². The lowest BCUT2D eigenvalue weighted by atomic mass is 9.95. The SMILES string of the molecule is CCCc1c(Cl)ncnc1-c1cc(C)c(C)cc1C. The van der Waals surface area contributed by atoms with Crippen LogP contribution >= 0.6 is 11.6 Å². The second-order valence-electron chi connectivity index (χ2n) is 4.99. The van der Waals surface area contributed by atoms with Crippen LogP contribution in [0.2, 0.25) is 5.15 Å². The Morgan fingerprint density at radius 1 is 1.00 bits per heavy atom. The summed E-state index contributed by atoms with van der Waals surface area (Å²) in [5.74, 6) is 0. The Balaban J connectivity index is 2.65. The molecule has 0 spiro atoms. The minimum absolute atomic E-state index is 0.574. The van der Waals surface area contributed by atoms with E-state index in [2.05, 4.69) is 49.8 Å². The van der Waals surface area contributed by atoms with Crippen LogP contribution in [-0.2, 0) is 6.42 Å². The molecule has 100 valence electrons. The topological polar surface area (TPSA) is 25.8 Å². The lowest BCUT2D eigenvalue weighted by Gasteiger charge is -2.13. The third-order valence-electron chi connectivity index (χ3n) is 3.49. The monoisotopic (exact) mass is 274 g/mol. The van der Waals surface area contributed by atoms with Gasteiger partial charge in [-0.15, -0.1) is 0 Å². The molecule has 0 bridgehead atoms. The highest BCUT2D eigenvalue weighted by Gasteiger charge is 2.13. The molecule has 0 N–H and O–H groups in total. The van der Waals surface area contributed by atoms with E-state index < -0.39 is 0 Å². The smallest absolute Gasteiger partial charge is 0.136 e. The van der Waals surface area contributed by atoms with E-state index in [1.54, 1.807) is 6.33 Å². The van der Waals surface area contributed by atoms with Gasteiger partial charge in [0.2, 0.25) is 0 Å². The minimum atomic E-state index is 0.574. The summed E-state index contributed by atoms with van der Waals surface area (Å²) in [6.07, 6.45) is 3.48. The number of benzene rings is 1. The van der Waals surface area contributed by atoms with Crippen molar-refractivity contribution >= 4 is 11.6 Å². The second-order valence-corrected chi connectivity index (χ2v) is 5.35. The lowest BCUT2D eigenvalue weighted by Crippen LogP contribution is -1.99. The Labute approximate surface area is 119 Å². The fourth-order valence-electron chi connectivity index (χ4n) is 2.31. The zero-order chi connectivity index (χ0) is 14.0. The molecule has 0 saturated carbocycles. The van der Waals surface area contributed by atoms with Crippen molar-refractivity contribution in [3.8, 4) is 11.3 Å². The van der Waals surface area contributed by atoms with Crippen molar-refractivity contribution in [1.29, 1.82) is 0 Å². The molecule has 0 aliphatic heterocycles. The maximum absolute atomic E-state index is 6.23. The first-order valence-corrected chi connectivity index (χ1v) is 7.00. The van der Waals surface area contributed by atoms with Crippen LogP contribution in [0.4, 0.5) is 0 Å². The zero-order valence-electron chi connectivity index (χ0n) is 11.9. The van der Waals surface area contributed by atoms with E-state index in [4.69, 9.17) is 11.6 Å². The van der Waals surface area contributed by atoms with Gasteiger partial charge >= 0.3 is 0 Å². The van der Waals surface area contributed by atoms with Gasteiger partial charge in [0, 0.05) is 11.1 Å². The molecular formula is C16H19ClN2. The number of halogens is 1. The van der Waals surface area contributed by atoms with Crippen LogP contribution in [0.5, 0.6) is 0 Å². The number of hydrogen-bond donors (Lipinski definition) is 0. The van der Waals surface area contributed by atoms with Gasteiger partial charge in [-0.25, -0.2) is 9.97 Å². The average Bonchev–Trinajstić information content (AvgIpc) is 2.37. The van der Waals surface area contributed by atoms with Crippen molar-refractivity contribution < 1.29 is 0 Å². The van der Waals surface area contributed by atoms with Crippen molar-refractivity contribution in [2.24, 2.45) is 0 Å². The lowest BCUT2D eigenvalue weighted by molar-refractivity contribution is 0.903. The van der Waals surface area contributed by atoms with Gasteiger partial charge in [-0.3, -0.25) is 0 Å². The van der Waals surface area contributed by atoms with E-state index in [-0.39, 0.29) is 0 Å². The summed E-state index contributed by atoms with van der Waals surface area (Å²) < 4.78 is 0. The summed E-state index contributed by atoms with van der Waals surface area (Å²) in [5.41, 5.74) is 7.00. The molecule has 3 heteroatoms. The predicted octanol–water partition coefficient (Wildman–Crippen LogP) is 4.67. The molecule has 1 aromatic carbocycles. The summed E-state index contributed by atoms with van der Waals surface area (Å²) in [7, 11) is 0. The van der Waals surface area contributed by atoms with Crippen LogP contribution in [0.3, 0.4) is 0 Å². The highest BCUT2D eigenvalue weighted by atomic mass is 35.5. The number of nitrogens with zero attached hydrogens (tertiary/aromatic N) is 2. The summed E-state index contributed by atoms with van der Waals surface area (Å²) in [6.45, 7) is 8.51. The molecule has 0 aliphatic carbocycles. The Kier molecular flexibility index (Phi) is 4.20. The molecule has 0 saturated heterocycles. The van der Waals surface area contributed by atoms with Gasteiger partial charge in [0.1, 0.15) is 11.5 Å². The van der Waals surface area contributed by atoms with E-state index in [1.165, 1.54) is 16.7 Å². The molecule has 0 radical (unpaired) electrons. The molecule has 0 fully saturated rings. The van der Waals surface area contributed by atoms with Gasteiger partial charge in [0.05, 0.1) is 5.69 Å². The van der Waals surface area contributed by atoms with Crippen molar-refractivity contribution in [2.45, 2.75) is 40.5 Å². The maximum Gasteiger partial charge on any atom is 0.136 e. The molecule has 1 aromatic heterocycles. The molecule has 2 rings (SSSR count). The maximum atomic E-state index is 6.23. The van der Waals surface area contributed by atoms with Crippen LogP contribution in [0, 0.1) is 20.8 Å². The molecule has 19 heavy (non-hydrogen) atoms. The number of aryl methyl sites for hydroxylation is 3. The average molecular weight is 275 g/mol. The largest absolute Gasteiger partial charge is 0.236 e. The molecule has 2 nitrogen and oxygen atoms in total. The highest BCUT2D eigenvalue weighted by Crippen LogP contribution is 2.30. The molecule has 0 atom stereocenters. The van der Waals surface area contributed by atoms with E-state index in [0.717, 1.165) is 29.7 Å². The van der Waals surface area contributed by atoms with E-state index in [0.29, 0.717) is 5.15 Å². The van der Waals surface area contributed by atoms with Crippen LogP contribution < -0.4 is 0 Å². The second kappa shape index (κ2) is 5.70. The van der Waals surface area contributed by atoms with Crippen molar-refractivity contribution in [3.63, 3.8) is 0 Å². The van der Waals surface area contributed by atoms with E-state index >= 15 is 0 Å². The van der Waals surface area contributed by atoms with Gasteiger partial charge < -0.3 is 0 Å². The summed E-state index contributed by atoms with van der Waals surface area (Å²) in [4.78, 5) is 8.57. The third kappa shape index (κ3) is 2.79. The fourth-order valence-corrected chi connectivity index (χ4v) is 2.54. The van der Waals surface area contributed by atoms with Crippen molar-refractivity contribution in [3.05, 3.63) is 45.9 Å². The first-order valence-electron chi connectivity index (χ1n) is 6.62. The highest BCUT2D eigenvalue weighted by molar-refractivity contribution is 6.30. The van der Waals surface area contributed by atoms with Crippen molar-refractivity contribution in [1.82, 2.24) is 9.97 Å². The van der Waals surface area contributed by atoms with Crippen LogP contribution in [-0.4, -0.2) is 9.97 Å². The van der Waals surface area contributed by atoms with Crippen molar-refractivity contribution in [2.75, 3.05) is 0 Å². The summed E-state index contributed by atoms with van der Waals surface area (Å²) in [6, 6.07) is 4.40. The first kappa shape index (κ1) is 14.0. The number of rotatable bonds is 3. The molecule has 1 heterocycles.